The Bertz CT molecular complexity index is 1020. The molecule has 4 amide bonds. The number of halogens is 3. The topological polar surface area (TPSA) is 81.8 Å². The molecule has 210 valence electrons. The van der Waals surface area contributed by atoms with E-state index in [2.05, 4.69) is 15.5 Å². The van der Waals surface area contributed by atoms with Crippen LogP contribution in [0.2, 0.25) is 0 Å². The summed E-state index contributed by atoms with van der Waals surface area (Å²) >= 11 is 0. The number of imide groups is 1. The molecule has 4 fully saturated rings. The van der Waals surface area contributed by atoms with Gasteiger partial charge in [0.25, 0.3) is 5.91 Å². The van der Waals surface area contributed by atoms with Gasteiger partial charge in [0.1, 0.15) is 5.54 Å². The highest BCUT2D eigenvalue weighted by atomic mass is 35.5. The van der Waals surface area contributed by atoms with Gasteiger partial charge in [-0.1, -0.05) is 44.2 Å². The number of urea groups is 1. The first-order valence-electron chi connectivity index (χ1n) is 13.7. The average molecular weight is 553 g/mol. The molecular weight excluding hydrogens is 514 g/mol. The first-order chi connectivity index (χ1) is 17.6. The lowest BCUT2D eigenvalue weighted by Crippen LogP contribution is -2.60. The van der Waals surface area contributed by atoms with Crippen LogP contribution >= 0.6 is 12.4 Å². The highest BCUT2D eigenvalue weighted by Gasteiger charge is 2.58. The molecule has 5 rings (SSSR count). The van der Waals surface area contributed by atoms with Gasteiger partial charge in [-0.3, -0.25) is 19.4 Å². The summed E-state index contributed by atoms with van der Waals surface area (Å²) < 4.78 is 27.3. The minimum atomic E-state index is -2.67. The largest absolute Gasteiger partial charge is 0.348 e. The van der Waals surface area contributed by atoms with Crippen LogP contribution < -0.4 is 10.6 Å². The molecule has 3 saturated heterocycles. The molecule has 2 bridgehead atoms. The minimum absolute atomic E-state index is 0. The summed E-state index contributed by atoms with van der Waals surface area (Å²) in [6.07, 6.45) is 2.92. The molecule has 1 spiro atoms. The van der Waals surface area contributed by atoms with Crippen LogP contribution in [0.1, 0.15) is 76.8 Å². The van der Waals surface area contributed by atoms with E-state index in [1.807, 2.05) is 44.2 Å². The van der Waals surface area contributed by atoms with Gasteiger partial charge in [0, 0.05) is 43.9 Å². The third-order valence-electron chi connectivity index (χ3n) is 8.73. The Hall–Kier alpha value is -2.26. The summed E-state index contributed by atoms with van der Waals surface area (Å²) in [6, 6.07) is 9.44. The standard InChI is InChI=1S/C28H38F2N4O3.ClH/c1-18(2)16-34-25(36)27(32-26(34)37)14-21-8-9-22(15-27)33(21)17-23(19-6-4-3-5-7-19)31-24(35)20-10-12-28(29,30)13-11-20;/h3-7,18,20-23H,8-17H2,1-2H3,(H,31,35)(H,32,37);1H/t21?,22?,23-,27?;/m0./s1. The van der Waals surface area contributed by atoms with Crippen molar-refractivity contribution in [3.63, 3.8) is 0 Å². The van der Waals surface area contributed by atoms with Crippen LogP contribution in [0.15, 0.2) is 30.3 Å². The molecule has 0 radical (unpaired) electrons. The molecule has 38 heavy (non-hydrogen) atoms. The number of nitrogens with zero attached hydrogens (tertiary/aromatic N) is 2. The fraction of sp³-hybridized carbons (Fsp3) is 0.679. The molecule has 3 heterocycles. The Morgan fingerprint density at radius 3 is 2.21 bits per heavy atom. The number of carbonyl (C=O) groups excluding carboxylic acids is 3. The highest BCUT2D eigenvalue weighted by molar-refractivity contribution is 6.07. The molecule has 0 aromatic heterocycles. The van der Waals surface area contributed by atoms with Crippen molar-refractivity contribution in [2.45, 2.75) is 94.8 Å². The molecule has 1 aromatic rings. The summed E-state index contributed by atoms with van der Waals surface area (Å²) in [5, 5.41) is 6.22. The second kappa shape index (κ2) is 11.1. The molecular formula is C28H39ClF2N4O3. The number of amides is 4. The Morgan fingerprint density at radius 2 is 1.63 bits per heavy atom. The monoisotopic (exact) mass is 552 g/mol. The SMILES string of the molecule is CC(C)CN1C(=O)NC2(CC3CCC(C2)N3C[C@H](NC(=O)C2CCC(F)(F)CC2)c2ccccc2)C1=O.Cl. The third kappa shape index (κ3) is 5.69. The van der Waals surface area contributed by atoms with E-state index in [0.29, 0.717) is 25.9 Å². The molecule has 2 N–H and O–H groups in total. The van der Waals surface area contributed by atoms with Gasteiger partial charge >= 0.3 is 6.03 Å². The Kier molecular flexibility index (Phi) is 8.38. The third-order valence-corrected chi connectivity index (χ3v) is 8.73. The quantitative estimate of drug-likeness (QED) is 0.482. The van der Waals surface area contributed by atoms with Crippen molar-refractivity contribution in [1.29, 1.82) is 0 Å². The normalized spacial score (nSPS) is 29.9. The summed E-state index contributed by atoms with van der Waals surface area (Å²) in [6.45, 7) is 4.99. The maximum absolute atomic E-state index is 13.6. The second-order valence-electron chi connectivity index (χ2n) is 11.9. The van der Waals surface area contributed by atoms with Crippen LogP contribution in [-0.2, 0) is 9.59 Å². The number of carbonyl (C=O) groups is 3. The number of hydrogen-bond donors (Lipinski definition) is 2. The number of hydrogen-bond acceptors (Lipinski definition) is 4. The molecule has 1 saturated carbocycles. The van der Waals surface area contributed by atoms with E-state index < -0.39 is 17.4 Å². The smallest absolute Gasteiger partial charge is 0.325 e. The van der Waals surface area contributed by atoms with Gasteiger partial charge in [0.15, 0.2) is 0 Å². The molecule has 3 atom stereocenters. The van der Waals surface area contributed by atoms with Gasteiger partial charge in [-0.2, -0.15) is 0 Å². The zero-order valence-corrected chi connectivity index (χ0v) is 22.9. The number of rotatable bonds is 7. The van der Waals surface area contributed by atoms with Crippen molar-refractivity contribution in [1.82, 2.24) is 20.4 Å². The van der Waals surface area contributed by atoms with E-state index >= 15 is 0 Å². The lowest BCUT2D eigenvalue weighted by molar-refractivity contribution is -0.134. The van der Waals surface area contributed by atoms with Crippen molar-refractivity contribution in [2.24, 2.45) is 11.8 Å². The van der Waals surface area contributed by atoms with E-state index in [0.717, 1.165) is 18.4 Å². The molecule has 1 aliphatic carbocycles. The Morgan fingerprint density at radius 1 is 1.03 bits per heavy atom. The summed E-state index contributed by atoms with van der Waals surface area (Å²) in [5.74, 6) is -3.13. The molecule has 7 nitrogen and oxygen atoms in total. The summed E-state index contributed by atoms with van der Waals surface area (Å²) in [7, 11) is 0. The Balaban J connectivity index is 0.00000336. The summed E-state index contributed by atoms with van der Waals surface area (Å²) in [5.41, 5.74) is 0.137. The predicted octanol–water partition coefficient (Wildman–Crippen LogP) is 4.66. The fourth-order valence-electron chi connectivity index (χ4n) is 6.85. The molecule has 1 aromatic carbocycles. The lowest BCUT2D eigenvalue weighted by atomic mass is 9.82. The Labute approximate surface area is 229 Å². The van der Waals surface area contributed by atoms with Gasteiger partial charge in [-0.25, -0.2) is 13.6 Å². The zero-order valence-electron chi connectivity index (χ0n) is 22.1. The zero-order chi connectivity index (χ0) is 26.4. The molecule has 3 aliphatic heterocycles. The second-order valence-corrected chi connectivity index (χ2v) is 11.9. The first-order valence-corrected chi connectivity index (χ1v) is 13.7. The first kappa shape index (κ1) is 28.7. The van der Waals surface area contributed by atoms with Crippen molar-refractivity contribution in [3.8, 4) is 0 Å². The minimum Gasteiger partial charge on any atom is -0.348 e. The van der Waals surface area contributed by atoms with Crippen LogP contribution in [0.3, 0.4) is 0 Å². The molecule has 10 heteroatoms. The number of fused-ring (bicyclic) bond motifs is 2. The van der Waals surface area contributed by atoms with Crippen molar-refractivity contribution < 1.29 is 23.2 Å². The predicted molar refractivity (Wildman–Crippen MR) is 142 cm³/mol. The van der Waals surface area contributed by atoms with E-state index in [-0.39, 0.29) is 80.0 Å². The number of benzene rings is 1. The number of nitrogens with one attached hydrogen (secondary N) is 2. The van der Waals surface area contributed by atoms with Crippen LogP contribution in [0.5, 0.6) is 0 Å². The van der Waals surface area contributed by atoms with E-state index in [1.165, 1.54) is 4.90 Å². The van der Waals surface area contributed by atoms with E-state index in [1.54, 1.807) is 0 Å². The van der Waals surface area contributed by atoms with Gasteiger partial charge in [-0.05, 0) is 50.0 Å². The van der Waals surface area contributed by atoms with Crippen molar-refractivity contribution >= 4 is 30.3 Å². The van der Waals surface area contributed by atoms with Crippen LogP contribution in [0.25, 0.3) is 0 Å². The van der Waals surface area contributed by atoms with Gasteiger partial charge < -0.3 is 10.6 Å². The fourth-order valence-corrected chi connectivity index (χ4v) is 6.85. The lowest BCUT2D eigenvalue weighted by Gasteiger charge is -2.44. The van der Waals surface area contributed by atoms with Gasteiger partial charge in [0.2, 0.25) is 11.8 Å². The number of piperidine rings is 1. The van der Waals surface area contributed by atoms with Crippen molar-refractivity contribution in [2.75, 3.05) is 13.1 Å². The van der Waals surface area contributed by atoms with Crippen LogP contribution in [-0.4, -0.2) is 64.3 Å². The average Bonchev–Trinajstić information content (AvgIpc) is 3.21. The van der Waals surface area contributed by atoms with E-state index in [9.17, 15) is 23.2 Å². The van der Waals surface area contributed by atoms with Gasteiger partial charge in [0.05, 0.1) is 6.04 Å². The molecule has 2 unspecified atom stereocenters. The van der Waals surface area contributed by atoms with E-state index in [4.69, 9.17) is 0 Å². The maximum Gasteiger partial charge on any atom is 0.325 e. The maximum atomic E-state index is 13.6. The summed E-state index contributed by atoms with van der Waals surface area (Å²) in [4.78, 5) is 43.0. The highest BCUT2D eigenvalue weighted by Crippen LogP contribution is 2.44. The van der Waals surface area contributed by atoms with Crippen LogP contribution in [0, 0.1) is 11.8 Å². The molecule has 4 aliphatic rings. The number of alkyl halides is 2. The van der Waals surface area contributed by atoms with Crippen molar-refractivity contribution in [3.05, 3.63) is 35.9 Å². The van der Waals surface area contributed by atoms with Crippen LogP contribution in [0.4, 0.5) is 13.6 Å². The van der Waals surface area contributed by atoms with Gasteiger partial charge in [-0.15, -0.1) is 12.4 Å².